The Kier molecular flexibility index (Phi) is 5.55. The van der Waals surface area contributed by atoms with E-state index in [1.54, 1.807) is 25.4 Å². The van der Waals surface area contributed by atoms with E-state index in [1.807, 2.05) is 22.9 Å². The highest BCUT2D eigenvalue weighted by Crippen LogP contribution is 2.55. The summed E-state index contributed by atoms with van der Waals surface area (Å²) < 4.78 is 21.9. The molecule has 2 aliphatic carbocycles. The third-order valence-electron chi connectivity index (χ3n) is 8.27. The molecule has 2 heterocycles. The molecule has 0 saturated heterocycles. The minimum absolute atomic E-state index is 0.0826. The van der Waals surface area contributed by atoms with Gasteiger partial charge < -0.3 is 14.6 Å². The second kappa shape index (κ2) is 8.77. The van der Waals surface area contributed by atoms with Gasteiger partial charge in [-0.2, -0.15) is 0 Å². The van der Waals surface area contributed by atoms with Crippen LogP contribution in [0.3, 0.4) is 0 Å². The van der Waals surface area contributed by atoms with Crippen molar-refractivity contribution in [2.45, 2.75) is 51.1 Å². The molecule has 1 N–H and O–H groups in total. The fourth-order valence-corrected chi connectivity index (χ4v) is 5.98. The zero-order chi connectivity index (χ0) is 24.9. The number of fused-ring (bicyclic) bond motifs is 1. The zero-order valence-corrected chi connectivity index (χ0v) is 20.6. The molecule has 2 aromatic carbocycles. The second-order valence-electron chi connectivity index (χ2n) is 10.4. The molecule has 4 aromatic rings. The number of hydrogen-bond acceptors (Lipinski definition) is 3. The lowest BCUT2D eigenvalue weighted by molar-refractivity contribution is -0.000603. The molecule has 0 radical (unpaired) electrons. The van der Waals surface area contributed by atoms with Gasteiger partial charge in [0.15, 0.2) is 0 Å². The molecule has 2 aliphatic rings. The van der Waals surface area contributed by atoms with Crippen molar-refractivity contribution in [2.24, 2.45) is 5.41 Å². The van der Waals surface area contributed by atoms with E-state index in [-0.39, 0.29) is 23.8 Å². The van der Waals surface area contributed by atoms with Crippen LogP contribution in [0.5, 0.6) is 5.88 Å². The molecule has 0 bridgehead atoms. The van der Waals surface area contributed by atoms with E-state index < -0.39 is 0 Å². The average Bonchev–Trinajstić information content (AvgIpc) is 3.31. The van der Waals surface area contributed by atoms with Gasteiger partial charge in [0.05, 0.1) is 24.2 Å². The summed E-state index contributed by atoms with van der Waals surface area (Å²) in [5, 5.41) is 3.68. The minimum atomic E-state index is -0.313. The minimum Gasteiger partial charge on any atom is -0.481 e. The monoisotopic (exact) mass is 483 g/mol. The summed E-state index contributed by atoms with van der Waals surface area (Å²) in [5.41, 5.74) is 4.77. The number of halogens is 1. The van der Waals surface area contributed by atoms with Crippen molar-refractivity contribution < 1.29 is 13.9 Å². The molecule has 5 nitrogen and oxygen atoms in total. The Morgan fingerprint density at radius 2 is 1.83 bits per heavy atom. The fourth-order valence-electron chi connectivity index (χ4n) is 5.98. The lowest BCUT2D eigenvalue weighted by Crippen LogP contribution is -2.53. The van der Waals surface area contributed by atoms with Crippen LogP contribution in [-0.2, 0) is 0 Å². The summed E-state index contributed by atoms with van der Waals surface area (Å²) in [6.07, 6.45) is 9.68. The van der Waals surface area contributed by atoms with Crippen LogP contribution >= 0.6 is 0 Å². The molecule has 36 heavy (non-hydrogen) atoms. The predicted octanol–water partition coefficient (Wildman–Crippen LogP) is 6.52. The summed E-state index contributed by atoms with van der Waals surface area (Å²) in [4.78, 5) is 17.6. The Labute approximate surface area is 210 Å². The number of amides is 1. The molecule has 2 aromatic heterocycles. The molecule has 0 aliphatic heterocycles. The molecule has 6 heteroatoms. The van der Waals surface area contributed by atoms with Crippen molar-refractivity contribution >= 4 is 16.8 Å². The van der Waals surface area contributed by atoms with Gasteiger partial charge >= 0.3 is 0 Å². The number of carbonyl (C=O) groups is 1. The van der Waals surface area contributed by atoms with E-state index in [2.05, 4.69) is 41.5 Å². The van der Waals surface area contributed by atoms with Gasteiger partial charge in [0.1, 0.15) is 5.82 Å². The van der Waals surface area contributed by atoms with E-state index in [4.69, 9.17) is 4.74 Å². The molecule has 2 fully saturated rings. The third-order valence-corrected chi connectivity index (χ3v) is 8.27. The quantitative estimate of drug-likeness (QED) is 0.340. The molecule has 2 saturated carbocycles. The second-order valence-corrected chi connectivity index (χ2v) is 10.4. The van der Waals surface area contributed by atoms with Gasteiger partial charge in [-0.1, -0.05) is 30.7 Å². The number of carbonyl (C=O) groups excluding carboxylic acids is 1. The predicted molar refractivity (Wildman–Crippen MR) is 139 cm³/mol. The van der Waals surface area contributed by atoms with Gasteiger partial charge in [0.2, 0.25) is 5.88 Å². The Morgan fingerprint density at radius 3 is 2.47 bits per heavy atom. The maximum Gasteiger partial charge on any atom is 0.253 e. The smallest absolute Gasteiger partial charge is 0.253 e. The van der Waals surface area contributed by atoms with Crippen LogP contribution in [0.4, 0.5) is 4.39 Å². The topological polar surface area (TPSA) is 56.1 Å². The number of nitrogens with zero attached hydrogens (tertiary/aromatic N) is 2. The molecule has 1 atom stereocenters. The summed E-state index contributed by atoms with van der Waals surface area (Å²) in [5.74, 6) is 0.149. The molecule has 1 amide bonds. The Morgan fingerprint density at radius 1 is 1.08 bits per heavy atom. The number of hydrogen-bond donors (Lipinski definition) is 1. The van der Waals surface area contributed by atoms with Gasteiger partial charge in [0.25, 0.3) is 5.91 Å². The van der Waals surface area contributed by atoms with E-state index >= 15 is 0 Å². The molecular weight excluding hydrogens is 453 g/mol. The standard InChI is InChI=1S/C30H30FN3O2/c1-19(20-4-6-21(7-5-20)22-8-11-27(36-2)32-18-22)34-15-12-24-26(31)10-9-25(28(24)34)29(35)33-23-16-30(17-23)13-3-14-30/h4-12,15,18-19,23H,3,13-14,16-17H2,1-2H3,(H,33,35)/t19-/m0/s1. The van der Waals surface area contributed by atoms with Crippen molar-refractivity contribution in [2.75, 3.05) is 7.11 Å². The van der Waals surface area contributed by atoms with Crippen LogP contribution in [0, 0.1) is 11.2 Å². The summed E-state index contributed by atoms with van der Waals surface area (Å²) in [6.45, 7) is 2.07. The highest BCUT2D eigenvalue weighted by molar-refractivity contribution is 6.06. The summed E-state index contributed by atoms with van der Waals surface area (Å²) in [6, 6.07) is 17.0. The normalized spacial score (nSPS) is 17.4. The number of aromatic nitrogens is 2. The van der Waals surface area contributed by atoms with Crippen molar-refractivity contribution in [3.8, 4) is 17.0 Å². The van der Waals surface area contributed by atoms with Gasteiger partial charge in [0, 0.05) is 35.5 Å². The van der Waals surface area contributed by atoms with E-state index in [1.165, 1.54) is 25.3 Å². The molecule has 6 rings (SSSR count). The highest BCUT2D eigenvalue weighted by atomic mass is 19.1. The van der Waals surface area contributed by atoms with Crippen LogP contribution in [0.25, 0.3) is 22.0 Å². The number of pyridine rings is 1. The van der Waals surface area contributed by atoms with Gasteiger partial charge in [-0.05, 0) is 73.4 Å². The number of ether oxygens (including phenoxy) is 1. The molecule has 1 spiro atoms. The SMILES string of the molecule is COc1ccc(-c2ccc([C@H](C)n3ccc4c(F)ccc(C(=O)NC5CC6(CCC6)C5)c43)cc2)cn1. The van der Waals surface area contributed by atoms with Crippen LogP contribution < -0.4 is 10.1 Å². The Bertz CT molecular complexity index is 1410. The van der Waals surface area contributed by atoms with Crippen LogP contribution in [-0.4, -0.2) is 28.6 Å². The average molecular weight is 484 g/mol. The van der Waals surface area contributed by atoms with Crippen LogP contribution in [0.15, 0.2) is 67.0 Å². The highest BCUT2D eigenvalue weighted by Gasteiger charge is 2.48. The van der Waals surface area contributed by atoms with E-state index in [9.17, 15) is 9.18 Å². The largest absolute Gasteiger partial charge is 0.481 e. The summed E-state index contributed by atoms with van der Waals surface area (Å²) >= 11 is 0. The lowest BCUT2D eigenvalue weighted by Gasteiger charge is -2.54. The van der Waals surface area contributed by atoms with Crippen LogP contribution in [0.2, 0.25) is 0 Å². The first-order valence-corrected chi connectivity index (χ1v) is 12.7. The fraction of sp³-hybridized carbons (Fsp3) is 0.333. The lowest BCUT2D eigenvalue weighted by atomic mass is 9.54. The third kappa shape index (κ3) is 3.85. The molecule has 184 valence electrons. The number of nitrogens with one attached hydrogen (secondary N) is 1. The van der Waals surface area contributed by atoms with Crippen molar-refractivity contribution in [1.29, 1.82) is 0 Å². The first kappa shape index (κ1) is 22.8. The number of benzene rings is 2. The Balaban J connectivity index is 1.27. The maximum atomic E-state index is 14.7. The van der Waals surface area contributed by atoms with Gasteiger partial charge in [-0.15, -0.1) is 0 Å². The van der Waals surface area contributed by atoms with Gasteiger partial charge in [-0.3, -0.25) is 4.79 Å². The van der Waals surface area contributed by atoms with E-state index in [0.717, 1.165) is 29.5 Å². The van der Waals surface area contributed by atoms with Gasteiger partial charge in [-0.25, -0.2) is 9.37 Å². The number of methoxy groups -OCH3 is 1. The zero-order valence-electron chi connectivity index (χ0n) is 20.6. The van der Waals surface area contributed by atoms with Crippen LogP contribution in [0.1, 0.15) is 61.0 Å². The first-order valence-electron chi connectivity index (χ1n) is 12.7. The van der Waals surface area contributed by atoms with Crippen molar-refractivity contribution in [1.82, 2.24) is 14.9 Å². The Hall–Kier alpha value is -3.67. The van der Waals surface area contributed by atoms with Crippen molar-refractivity contribution in [3.05, 3.63) is 83.9 Å². The molecular formula is C30H30FN3O2. The molecule has 0 unspecified atom stereocenters. The van der Waals surface area contributed by atoms with Crippen molar-refractivity contribution in [3.63, 3.8) is 0 Å². The maximum absolute atomic E-state index is 14.7. The number of rotatable bonds is 6. The summed E-state index contributed by atoms with van der Waals surface area (Å²) in [7, 11) is 1.60. The van der Waals surface area contributed by atoms with E-state index in [0.29, 0.717) is 27.8 Å². The first-order chi connectivity index (χ1) is 17.5.